The first-order valence-corrected chi connectivity index (χ1v) is 6.49. The van der Waals surface area contributed by atoms with Gasteiger partial charge in [-0.2, -0.15) is 5.10 Å². The number of H-pyrrole nitrogens is 1. The minimum Gasteiger partial charge on any atom is -0.309 e. The van der Waals surface area contributed by atoms with Gasteiger partial charge in [-0.05, 0) is 23.3 Å². The monoisotopic (exact) mass is 264 g/mol. The maximum absolute atomic E-state index is 11.9. The lowest BCUT2D eigenvalue weighted by Gasteiger charge is -2.24. The molecular formula is C15H12N4O. The number of nitrogens with zero attached hydrogens (tertiary/aromatic N) is 2. The smallest absolute Gasteiger partial charge is 0.226 e. The Balaban J connectivity index is 1.86. The Morgan fingerprint density at radius 1 is 1.25 bits per heavy atom. The SMILES string of the molecule is O=C1CC(c2ccncc2)c2c(n[nH]c2C2=CC=C2)N1. The molecule has 0 bridgehead atoms. The standard InChI is InChI=1S/C15H12N4O/c20-12-8-11(9-4-6-16-7-5-9)13-14(10-2-1-3-10)18-19-15(13)17-12/h1-7,11H,8H2,(H2,17,18,19,20). The number of aromatic amines is 1. The predicted molar refractivity (Wildman–Crippen MR) is 75.0 cm³/mol. The molecule has 2 N–H and O–H groups in total. The summed E-state index contributed by atoms with van der Waals surface area (Å²) in [5, 5.41) is 10.1. The van der Waals surface area contributed by atoms with E-state index in [0.29, 0.717) is 12.2 Å². The largest absolute Gasteiger partial charge is 0.309 e. The average Bonchev–Trinajstić information content (AvgIpc) is 2.80. The van der Waals surface area contributed by atoms with Crippen molar-refractivity contribution < 1.29 is 4.79 Å². The van der Waals surface area contributed by atoms with Crippen LogP contribution in [0.15, 0.2) is 42.8 Å². The topological polar surface area (TPSA) is 70.7 Å². The van der Waals surface area contributed by atoms with Crippen LogP contribution >= 0.6 is 0 Å². The van der Waals surface area contributed by atoms with Gasteiger partial charge in [-0.1, -0.05) is 18.2 Å². The van der Waals surface area contributed by atoms with E-state index in [1.54, 1.807) is 12.4 Å². The Morgan fingerprint density at radius 3 is 2.75 bits per heavy atom. The van der Waals surface area contributed by atoms with Gasteiger partial charge >= 0.3 is 0 Å². The first-order valence-electron chi connectivity index (χ1n) is 6.49. The molecule has 0 fully saturated rings. The summed E-state index contributed by atoms with van der Waals surface area (Å²) in [5.41, 5.74) is 4.26. The first kappa shape index (κ1) is 11.2. The van der Waals surface area contributed by atoms with Crippen LogP contribution in [0.3, 0.4) is 0 Å². The van der Waals surface area contributed by atoms with Crippen molar-refractivity contribution in [3.8, 4) is 0 Å². The van der Waals surface area contributed by atoms with Gasteiger partial charge in [-0.15, -0.1) is 0 Å². The minimum absolute atomic E-state index is 0.00417. The fraction of sp³-hybridized carbons (Fsp3) is 0.133. The van der Waals surface area contributed by atoms with Crippen LogP contribution in [0.1, 0.15) is 29.2 Å². The Kier molecular flexibility index (Phi) is 2.32. The zero-order valence-corrected chi connectivity index (χ0v) is 10.6. The number of carbonyl (C=O) groups is 1. The number of allylic oxidation sites excluding steroid dienone is 4. The number of anilines is 1. The summed E-state index contributed by atoms with van der Waals surface area (Å²) in [7, 11) is 0. The molecule has 1 amide bonds. The zero-order chi connectivity index (χ0) is 13.5. The highest BCUT2D eigenvalue weighted by Crippen LogP contribution is 2.41. The highest BCUT2D eigenvalue weighted by Gasteiger charge is 2.32. The number of carbonyl (C=O) groups excluding carboxylic acids is 1. The third kappa shape index (κ3) is 1.60. The fourth-order valence-electron chi connectivity index (χ4n) is 2.72. The van der Waals surface area contributed by atoms with Crippen LogP contribution in [-0.4, -0.2) is 21.1 Å². The van der Waals surface area contributed by atoms with Gasteiger partial charge in [0.15, 0.2) is 5.82 Å². The molecule has 0 spiro atoms. The number of nitrogens with one attached hydrogen (secondary N) is 2. The molecular weight excluding hydrogens is 252 g/mol. The van der Waals surface area contributed by atoms with Crippen molar-refractivity contribution in [2.24, 2.45) is 0 Å². The predicted octanol–water partition coefficient (Wildman–Crippen LogP) is 2.23. The van der Waals surface area contributed by atoms with Gasteiger partial charge in [0.05, 0.1) is 5.69 Å². The molecule has 2 aromatic heterocycles. The van der Waals surface area contributed by atoms with Crippen LogP contribution < -0.4 is 5.32 Å². The lowest BCUT2D eigenvalue weighted by atomic mass is 9.84. The van der Waals surface area contributed by atoms with Gasteiger partial charge in [-0.25, -0.2) is 0 Å². The highest BCUT2D eigenvalue weighted by atomic mass is 16.1. The average molecular weight is 264 g/mol. The van der Waals surface area contributed by atoms with Crippen molar-refractivity contribution in [1.82, 2.24) is 15.2 Å². The molecule has 98 valence electrons. The van der Waals surface area contributed by atoms with E-state index in [-0.39, 0.29) is 11.8 Å². The van der Waals surface area contributed by atoms with Crippen LogP contribution in [0, 0.1) is 0 Å². The molecule has 5 heteroatoms. The molecule has 0 saturated carbocycles. The highest BCUT2D eigenvalue weighted by molar-refractivity contribution is 5.96. The zero-order valence-electron chi connectivity index (χ0n) is 10.6. The van der Waals surface area contributed by atoms with Gasteiger partial charge in [0, 0.05) is 30.3 Å². The van der Waals surface area contributed by atoms with Crippen molar-refractivity contribution >= 4 is 17.3 Å². The van der Waals surface area contributed by atoms with Crippen LogP contribution in [0.4, 0.5) is 5.82 Å². The number of aromatic nitrogens is 3. The second-order valence-corrected chi connectivity index (χ2v) is 4.93. The molecule has 0 saturated heterocycles. The Labute approximate surface area is 115 Å². The van der Waals surface area contributed by atoms with E-state index >= 15 is 0 Å². The van der Waals surface area contributed by atoms with Gasteiger partial charge in [0.2, 0.25) is 5.91 Å². The summed E-state index contributed by atoms with van der Waals surface area (Å²) in [6.45, 7) is 0. The Hall–Kier alpha value is -2.69. The number of hydrogen-bond acceptors (Lipinski definition) is 3. The molecule has 2 aromatic rings. The van der Waals surface area contributed by atoms with Crippen LogP contribution in [-0.2, 0) is 4.79 Å². The summed E-state index contributed by atoms with van der Waals surface area (Å²) in [5.74, 6) is 0.653. The molecule has 1 unspecified atom stereocenters. The summed E-state index contributed by atoms with van der Waals surface area (Å²) in [6, 6.07) is 3.91. The quantitative estimate of drug-likeness (QED) is 0.873. The second-order valence-electron chi connectivity index (χ2n) is 4.93. The third-order valence-electron chi connectivity index (χ3n) is 3.75. The molecule has 1 aliphatic carbocycles. The van der Waals surface area contributed by atoms with E-state index in [1.165, 1.54) is 0 Å². The maximum atomic E-state index is 11.9. The molecule has 20 heavy (non-hydrogen) atoms. The molecule has 1 atom stereocenters. The van der Waals surface area contributed by atoms with Crippen LogP contribution in [0.5, 0.6) is 0 Å². The van der Waals surface area contributed by atoms with Crippen molar-refractivity contribution in [3.05, 3.63) is 59.6 Å². The van der Waals surface area contributed by atoms with E-state index in [4.69, 9.17) is 0 Å². The van der Waals surface area contributed by atoms with E-state index in [2.05, 4.69) is 20.5 Å². The van der Waals surface area contributed by atoms with Gasteiger partial charge in [0.1, 0.15) is 0 Å². The van der Waals surface area contributed by atoms with Gasteiger partial charge < -0.3 is 5.32 Å². The molecule has 0 radical (unpaired) electrons. The second kappa shape index (κ2) is 4.16. The number of pyridine rings is 1. The molecule has 5 nitrogen and oxygen atoms in total. The number of amides is 1. The van der Waals surface area contributed by atoms with Crippen LogP contribution in [0.2, 0.25) is 0 Å². The Bertz CT molecular complexity index is 742. The molecule has 0 aromatic carbocycles. The fourth-order valence-corrected chi connectivity index (χ4v) is 2.72. The number of fused-ring (bicyclic) bond motifs is 1. The molecule has 2 aliphatic rings. The lowest BCUT2D eigenvalue weighted by Crippen LogP contribution is -2.23. The third-order valence-corrected chi connectivity index (χ3v) is 3.75. The van der Waals surface area contributed by atoms with Crippen molar-refractivity contribution in [2.75, 3.05) is 5.32 Å². The normalized spacial score (nSPS) is 19.9. The van der Waals surface area contributed by atoms with Crippen molar-refractivity contribution in [2.45, 2.75) is 12.3 Å². The molecule has 1 aliphatic heterocycles. The lowest BCUT2D eigenvalue weighted by molar-refractivity contribution is -0.116. The van der Waals surface area contributed by atoms with Gasteiger partial charge in [-0.3, -0.25) is 14.9 Å². The van der Waals surface area contributed by atoms with E-state index < -0.39 is 0 Å². The maximum Gasteiger partial charge on any atom is 0.226 e. The first-order chi connectivity index (χ1) is 9.83. The summed E-state index contributed by atoms with van der Waals surface area (Å²) >= 11 is 0. The minimum atomic E-state index is -0.00417. The summed E-state index contributed by atoms with van der Waals surface area (Å²) in [6.07, 6.45) is 10.0. The van der Waals surface area contributed by atoms with Crippen molar-refractivity contribution in [1.29, 1.82) is 0 Å². The van der Waals surface area contributed by atoms with E-state index in [1.807, 2.05) is 30.4 Å². The Morgan fingerprint density at radius 2 is 2.05 bits per heavy atom. The van der Waals surface area contributed by atoms with Gasteiger partial charge in [0.25, 0.3) is 0 Å². The molecule has 3 heterocycles. The van der Waals surface area contributed by atoms with E-state index in [0.717, 1.165) is 22.4 Å². The summed E-state index contributed by atoms with van der Waals surface area (Å²) < 4.78 is 0. The summed E-state index contributed by atoms with van der Waals surface area (Å²) in [4.78, 5) is 15.9. The van der Waals surface area contributed by atoms with Crippen molar-refractivity contribution in [3.63, 3.8) is 0 Å². The van der Waals surface area contributed by atoms with Crippen LogP contribution in [0.25, 0.3) is 5.57 Å². The van der Waals surface area contributed by atoms with E-state index in [9.17, 15) is 4.79 Å². The molecule has 4 rings (SSSR count). The number of hydrogen-bond donors (Lipinski definition) is 2. The number of rotatable bonds is 2.